The number of nitrogens with one attached hydrogen (secondary N) is 1. The van der Waals surface area contributed by atoms with Crippen molar-refractivity contribution in [2.24, 2.45) is 22.6 Å². The summed E-state index contributed by atoms with van der Waals surface area (Å²) in [6, 6.07) is 5.18. The molecule has 1 atom stereocenters. The third kappa shape index (κ3) is 7.19. The summed E-state index contributed by atoms with van der Waals surface area (Å²) in [6.07, 6.45) is 7.15. The number of likely N-dealkylation sites (tertiary alicyclic amines) is 1. The molecule has 1 aromatic carbocycles. The first kappa shape index (κ1) is 25.0. The number of aliphatic hydroxyl groups excluding tert-OH is 1. The van der Waals surface area contributed by atoms with Crippen molar-refractivity contribution in [2.45, 2.75) is 64.8 Å². The fraction of sp³-hybridized carbons (Fsp3) is 0.640. The van der Waals surface area contributed by atoms with E-state index in [4.69, 9.17) is 15.6 Å². The molecular weight excluding hydrogens is 420 g/mol. The van der Waals surface area contributed by atoms with Gasteiger partial charge in [0, 0.05) is 30.6 Å². The Hall–Kier alpha value is -2.61. The molecule has 1 saturated heterocycles. The highest BCUT2D eigenvalue weighted by molar-refractivity contribution is 5.96. The summed E-state index contributed by atoms with van der Waals surface area (Å²) in [5.41, 5.74) is 7.50. The molecule has 2 aliphatic rings. The van der Waals surface area contributed by atoms with Gasteiger partial charge in [0.05, 0.1) is 13.2 Å². The number of piperidine rings is 1. The number of hydrogen-bond donors (Lipinski definition) is 3. The standard InChI is InChI=1S/C25H38N4O4/c1-17-15-21(8-9-22(17)24(32)27-18(2)16-30)33-14-4-5-19-10-12-29(13-11-19)25(26)28-23(31)20-6-3-7-20/h8-9,15,18-20,30H,3-7,10-14,16H2,1-2H3,(H,27,32)(H2,26,28,31). The van der Waals surface area contributed by atoms with E-state index in [1.54, 1.807) is 13.0 Å². The number of amides is 2. The Morgan fingerprint density at radius 2 is 2.00 bits per heavy atom. The Morgan fingerprint density at radius 3 is 2.61 bits per heavy atom. The zero-order valence-corrected chi connectivity index (χ0v) is 19.9. The number of rotatable bonds is 9. The molecule has 8 nitrogen and oxygen atoms in total. The van der Waals surface area contributed by atoms with Gasteiger partial charge in [-0.3, -0.25) is 9.59 Å². The van der Waals surface area contributed by atoms with E-state index in [0.717, 1.165) is 69.3 Å². The number of hydrogen-bond acceptors (Lipinski definition) is 4. The van der Waals surface area contributed by atoms with E-state index in [0.29, 0.717) is 24.0 Å². The molecule has 182 valence electrons. The normalized spacial score (nSPS) is 18.5. The van der Waals surface area contributed by atoms with Crippen LogP contribution in [-0.4, -0.2) is 60.1 Å². The van der Waals surface area contributed by atoms with Crippen LogP contribution in [0.1, 0.15) is 67.8 Å². The van der Waals surface area contributed by atoms with E-state index in [1.165, 1.54) is 0 Å². The number of ether oxygens (including phenoxy) is 1. The van der Waals surface area contributed by atoms with Gasteiger partial charge in [-0.15, -0.1) is 0 Å². The van der Waals surface area contributed by atoms with Crippen LogP contribution in [0.5, 0.6) is 5.75 Å². The van der Waals surface area contributed by atoms with Crippen LogP contribution in [0.4, 0.5) is 0 Å². The number of guanidine groups is 1. The van der Waals surface area contributed by atoms with E-state index < -0.39 is 0 Å². The largest absolute Gasteiger partial charge is 0.494 e. The Labute approximate surface area is 196 Å². The van der Waals surface area contributed by atoms with Crippen molar-refractivity contribution in [1.82, 2.24) is 10.2 Å². The molecule has 1 heterocycles. The molecule has 33 heavy (non-hydrogen) atoms. The van der Waals surface area contributed by atoms with Crippen LogP contribution < -0.4 is 15.8 Å². The molecule has 0 spiro atoms. The second-order valence-corrected chi connectivity index (χ2v) is 9.39. The van der Waals surface area contributed by atoms with Gasteiger partial charge in [-0.25, -0.2) is 0 Å². The predicted octanol–water partition coefficient (Wildman–Crippen LogP) is 2.62. The maximum absolute atomic E-state index is 12.2. The molecular formula is C25H38N4O4. The second kappa shape index (κ2) is 12.0. The van der Waals surface area contributed by atoms with Crippen molar-refractivity contribution in [3.05, 3.63) is 29.3 Å². The van der Waals surface area contributed by atoms with Gasteiger partial charge in [0.2, 0.25) is 0 Å². The van der Waals surface area contributed by atoms with Crippen LogP contribution in [0.3, 0.4) is 0 Å². The lowest BCUT2D eigenvalue weighted by Gasteiger charge is -2.33. The summed E-state index contributed by atoms with van der Waals surface area (Å²) in [4.78, 5) is 30.4. The third-order valence-electron chi connectivity index (χ3n) is 6.74. The average Bonchev–Trinajstić information content (AvgIpc) is 2.75. The molecule has 0 bridgehead atoms. The minimum absolute atomic E-state index is 0.0540. The van der Waals surface area contributed by atoms with Gasteiger partial charge in [-0.1, -0.05) is 6.42 Å². The zero-order chi connectivity index (χ0) is 23.8. The van der Waals surface area contributed by atoms with Crippen molar-refractivity contribution < 1.29 is 19.4 Å². The van der Waals surface area contributed by atoms with E-state index in [9.17, 15) is 9.59 Å². The Morgan fingerprint density at radius 1 is 1.27 bits per heavy atom. The van der Waals surface area contributed by atoms with E-state index in [1.807, 2.05) is 24.0 Å². The number of benzene rings is 1. The number of nitrogens with zero attached hydrogens (tertiary/aromatic N) is 2. The molecule has 1 aromatic rings. The van der Waals surface area contributed by atoms with Gasteiger partial charge in [0.25, 0.3) is 11.8 Å². The van der Waals surface area contributed by atoms with Crippen LogP contribution in [0, 0.1) is 18.8 Å². The molecule has 8 heteroatoms. The number of aryl methyl sites for hydroxylation is 1. The van der Waals surface area contributed by atoms with Crippen LogP contribution in [0.25, 0.3) is 0 Å². The summed E-state index contributed by atoms with van der Waals surface area (Å²) in [5.74, 6) is 1.61. The topological polar surface area (TPSA) is 117 Å². The molecule has 1 aliphatic heterocycles. The highest BCUT2D eigenvalue weighted by Crippen LogP contribution is 2.28. The Bertz CT molecular complexity index is 845. The molecule has 2 fully saturated rings. The lowest BCUT2D eigenvalue weighted by atomic mass is 9.85. The molecule has 4 N–H and O–H groups in total. The fourth-order valence-electron chi connectivity index (χ4n) is 4.27. The summed E-state index contributed by atoms with van der Waals surface area (Å²) in [6.45, 7) is 5.87. The first-order valence-corrected chi connectivity index (χ1v) is 12.2. The molecule has 1 aliphatic carbocycles. The van der Waals surface area contributed by atoms with E-state index >= 15 is 0 Å². The monoisotopic (exact) mass is 458 g/mol. The predicted molar refractivity (Wildman–Crippen MR) is 128 cm³/mol. The lowest BCUT2D eigenvalue weighted by Crippen LogP contribution is -2.43. The number of aliphatic hydroxyl groups is 1. The van der Waals surface area contributed by atoms with Crippen LogP contribution >= 0.6 is 0 Å². The summed E-state index contributed by atoms with van der Waals surface area (Å²) in [7, 11) is 0. The van der Waals surface area contributed by atoms with Crippen LogP contribution in [0.2, 0.25) is 0 Å². The van der Waals surface area contributed by atoms with E-state index in [-0.39, 0.29) is 30.4 Å². The lowest BCUT2D eigenvalue weighted by molar-refractivity contribution is -0.123. The molecule has 1 unspecified atom stereocenters. The molecule has 1 saturated carbocycles. The summed E-state index contributed by atoms with van der Waals surface area (Å²) >= 11 is 0. The first-order valence-electron chi connectivity index (χ1n) is 12.2. The van der Waals surface area contributed by atoms with Crippen molar-refractivity contribution >= 4 is 17.8 Å². The summed E-state index contributed by atoms with van der Waals surface area (Å²) < 4.78 is 5.90. The SMILES string of the molecule is Cc1cc(OCCCC2CCN(C(N)=NC(=O)C3CCC3)CC2)ccc1C(=O)NC(C)CO. The average molecular weight is 459 g/mol. The number of aliphatic imine (C=N–C) groups is 1. The van der Waals surface area contributed by atoms with Crippen molar-refractivity contribution in [3.8, 4) is 5.75 Å². The zero-order valence-electron chi connectivity index (χ0n) is 19.9. The van der Waals surface area contributed by atoms with Gasteiger partial charge in [0.1, 0.15) is 5.75 Å². The van der Waals surface area contributed by atoms with Crippen LogP contribution in [-0.2, 0) is 4.79 Å². The van der Waals surface area contributed by atoms with Gasteiger partial charge < -0.3 is 25.8 Å². The number of carbonyl (C=O) groups is 2. The third-order valence-corrected chi connectivity index (χ3v) is 6.74. The molecule has 2 amide bonds. The van der Waals surface area contributed by atoms with Crippen molar-refractivity contribution in [3.63, 3.8) is 0 Å². The molecule has 0 aromatic heterocycles. The van der Waals surface area contributed by atoms with Gasteiger partial charge >= 0.3 is 0 Å². The Kier molecular flexibility index (Phi) is 9.11. The highest BCUT2D eigenvalue weighted by atomic mass is 16.5. The molecule has 0 radical (unpaired) electrons. The maximum Gasteiger partial charge on any atom is 0.251 e. The smallest absolute Gasteiger partial charge is 0.251 e. The summed E-state index contributed by atoms with van der Waals surface area (Å²) in [5, 5.41) is 11.9. The fourth-order valence-corrected chi connectivity index (χ4v) is 4.27. The van der Waals surface area contributed by atoms with Crippen molar-refractivity contribution in [2.75, 3.05) is 26.3 Å². The van der Waals surface area contributed by atoms with Gasteiger partial charge in [-0.05, 0) is 82.1 Å². The minimum Gasteiger partial charge on any atom is -0.494 e. The minimum atomic E-state index is -0.279. The number of nitrogens with two attached hydrogens (primary N) is 1. The van der Waals surface area contributed by atoms with Crippen molar-refractivity contribution in [1.29, 1.82) is 0 Å². The van der Waals surface area contributed by atoms with Gasteiger partial charge in [0.15, 0.2) is 5.96 Å². The maximum atomic E-state index is 12.2. The first-order chi connectivity index (χ1) is 15.9. The Balaban J connectivity index is 1.35. The highest BCUT2D eigenvalue weighted by Gasteiger charge is 2.26. The number of carbonyl (C=O) groups excluding carboxylic acids is 2. The second-order valence-electron chi connectivity index (χ2n) is 9.39. The van der Waals surface area contributed by atoms with Gasteiger partial charge in [-0.2, -0.15) is 4.99 Å². The van der Waals surface area contributed by atoms with E-state index in [2.05, 4.69) is 10.3 Å². The van der Waals surface area contributed by atoms with Crippen LogP contribution in [0.15, 0.2) is 23.2 Å². The quantitative estimate of drug-likeness (QED) is 0.297. The molecule has 3 rings (SSSR count).